The first-order chi connectivity index (χ1) is 16.0. The summed E-state index contributed by atoms with van der Waals surface area (Å²) < 4.78 is 12.8. The SMILES string of the molecule is COc1cc(C=Nn2c(C3CCCCC3)nc3ccccc3c2=O)cc(Br)c1OCC(N)=O. The monoisotopic (exact) mass is 512 g/mol. The van der Waals surface area contributed by atoms with Gasteiger partial charge < -0.3 is 15.2 Å². The second-order valence-electron chi connectivity index (χ2n) is 7.97. The Bertz CT molecular complexity index is 1270. The number of ether oxygens (including phenoxy) is 2. The van der Waals surface area contributed by atoms with E-state index in [0.29, 0.717) is 38.3 Å². The van der Waals surface area contributed by atoms with Crippen molar-refractivity contribution in [2.24, 2.45) is 10.8 Å². The Kier molecular flexibility index (Phi) is 7.08. The number of aromatic nitrogens is 2. The fourth-order valence-electron chi connectivity index (χ4n) is 4.10. The van der Waals surface area contributed by atoms with Crippen molar-refractivity contribution in [1.82, 2.24) is 9.66 Å². The van der Waals surface area contributed by atoms with Crippen LogP contribution >= 0.6 is 15.9 Å². The minimum absolute atomic E-state index is 0.190. The Labute approximate surface area is 199 Å². The van der Waals surface area contributed by atoms with E-state index in [0.717, 1.165) is 25.7 Å². The highest BCUT2D eigenvalue weighted by Gasteiger charge is 2.22. The van der Waals surface area contributed by atoms with Crippen LogP contribution < -0.4 is 20.8 Å². The van der Waals surface area contributed by atoms with E-state index in [1.807, 2.05) is 18.2 Å². The lowest BCUT2D eigenvalue weighted by atomic mass is 9.88. The van der Waals surface area contributed by atoms with Crippen LogP contribution in [0.25, 0.3) is 10.9 Å². The summed E-state index contributed by atoms with van der Waals surface area (Å²) >= 11 is 3.44. The number of para-hydroxylation sites is 1. The van der Waals surface area contributed by atoms with Crippen LogP contribution in [0.4, 0.5) is 0 Å². The molecule has 0 saturated heterocycles. The fraction of sp³-hybridized carbons (Fsp3) is 0.333. The third kappa shape index (κ3) is 5.08. The molecule has 0 spiro atoms. The molecule has 1 fully saturated rings. The van der Waals surface area contributed by atoms with Crippen molar-refractivity contribution in [3.05, 3.63) is 62.6 Å². The highest BCUT2D eigenvalue weighted by molar-refractivity contribution is 9.10. The van der Waals surface area contributed by atoms with Gasteiger partial charge >= 0.3 is 0 Å². The molecule has 0 unspecified atom stereocenters. The van der Waals surface area contributed by atoms with Crippen LogP contribution in [0.3, 0.4) is 0 Å². The zero-order chi connectivity index (χ0) is 23.4. The molecule has 0 bridgehead atoms. The molecule has 1 amide bonds. The van der Waals surface area contributed by atoms with Crippen LogP contribution in [0.2, 0.25) is 0 Å². The molecule has 1 heterocycles. The van der Waals surface area contributed by atoms with Crippen LogP contribution in [0.5, 0.6) is 11.5 Å². The van der Waals surface area contributed by atoms with Gasteiger partial charge in [0.15, 0.2) is 18.1 Å². The first kappa shape index (κ1) is 23.0. The Morgan fingerprint density at radius 3 is 2.76 bits per heavy atom. The van der Waals surface area contributed by atoms with Gasteiger partial charge in [-0.15, -0.1) is 0 Å². The maximum absolute atomic E-state index is 13.3. The number of methoxy groups -OCH3 is 1. The third-order valence-electron chi connectivity index (χ3n) is 5.68. The lowest BCUT2D eigenvalue weighted by Crippen LogP contribution is -2.25. The summed E-state index contributed by atoms with van der Waals surface area (Å²) in [5.41, 5.74) is 6.35. The molecular formula is C24H25BrN4O4. The molecule has 1 aliphatic carbocycles. The predicted octanol–water partition coefficient (Wildman–Crippen LogP) is 3.96. The van der Waals surface area contributed by atoms with Gasteiger partial charge in [-0.1, -0.05) is 31.4 Å². The van der Waals surface area contributed by atoms with Crippen LogP contribution in [-0.2, 0) is 4.79 Å². The minimum Gasteiger partial charge on any atom is -0.493 e. The van der Waals surface area contributed by atoms with Crippen molar-refractivity contribution in [3.63, 3.8) is 0 Å². The van der Waals surface area contributed by atoms with E-state index < -0.39 is 5.91 Å². The Morgan fingerprint density at radius 2 is 2.03 bits per heavy atom. The number of hydrogen-bond donors (Lipinski definition) is 1. The number of carbonyl (C=O) groups excluding carboxylic acids is 1. The quantitative estimate of drug-likeness (QED) is 0.481. The fourth-order valence-corrected chi connectivity index (χ4v) is 4.67. The highest BCUT2D eigenvalue weighted by atomic mass is 79.9. The van der Waals surface area contributed by atoms with E-state index in [9.17, 15) is 9.59 Å². The summed E-state index contributed by atoms with van der Waals surface area (Å²) in [6.07, 6.45) is 7.02. The zero-order valence-corrected chi connectivity index (χ0v) is 19.9. The van der Waals surface area contributed by atoms with Crippen LogP contribution in [-0.4, -0.2) is 35.5 Å². The van der Waals surface area contributed by atoms with E-state index in [1.165, 1.54) is 18.2 Å². The van der Waals surface area contributed by atoms with Gasteiger partial charge in [0.1, 0.15) is 5.82 Å². The Morgan fingerprint density at radius 1 is 1.27 bits per heavy atom. The number of amides is 1. The standard InChI is InChI=1S/C24H25BrN4O4/c1-32-20-12-15(11-18(25)22(20)33-14-21(26)30)13-27-29-23(16-7-3-2-4-8-16)28-19-10-6-5-9-17(19)24(29)31/h5-6,9-13,16H,2-4,7-8,14H2,1H3,(H2,26,30). The van der Waals surface area contributed by atoms with Gasteiger partial charge in [-0.05, 0) is 58.6 Å². The molecule has 172 valence electrons. The van der Waals surface area contributed by atoms with Crippen molar-refractivity contribution in [2.45, 2.75) is 38.0 Å². The molecule has 9 heteroatoms. The summed E-state index contributed by atoms with van der Waals surface area (Å²) in [5.74, 6) is 1.07. The maximum atomic E-state index is 13.3. The van der Waals surface area contributed by atoms with E-state index in [4.69, 9.17) is 20.2 Å². The number of rotatable bonds is 7. The maximum Gasteiger partial charge on any atom is 0.282 e. The number of benzene rings is 2. The number of fused-ring (bicyclic) bond motifs is 1. The molecule has 0 radical (unpaired) electrons. The lowest BCUT2D eigenvalue weighted by molar-refractivity contribution is -0.119. The van der Waals surface area contributed by atoms with Gasteiger partial charge in [-0.3, -0.25) is 9.59 Å². The van der Waals surface area contributed by atoms with E-state index in [-0.39, 0.29) is 18.1 Å². The van der Waals surface area contributed by atoms with Crippen molar-refractivity contribution < 1.29 is 14.3 Å². The van der Waals surface area contributed by atoms with Crippen LogP contribution in [0, 0.1) is 0 Å². The van der Waals surface area contributed by atoms with Gasteiger partial charge in [0.25, 0.3) is 11.5 Å². The van der Waals surface area contributed by atoms with Gasteiger partial charge in [-0.2, -0.15) is 9.78 Å². The largest absolute Gasteiger partial charge is 0.493 e. The van der Waals surface area contributed by atoms with Crippen molar-refractivity contribution in [3.8, 4) is 11.5 Å². The van der Waals surface area contributed by atoms with Crippen LogP contribution in [0.15, 0.2) is 50.8 Å². The van der Waals surface area contributed by atoms with Crippen molar-refractivity contribution in [2.75, 3.05) is 13.7 Å². The molecule has 2 N–H and O–H groups in total. The second-order valence-corrected chi connectivity index (χ2v) is 8.83. The van der Waals surface area contributed by atoms with Gasteiger partial charge in [0, 0.05) is 5.92 Å². The third-order valence-corrected chi connectivity index (χ3v) is 6.27. The average Bonchev–Trinajstić information content (AvgIpc) is 2.82. The Hall–Kier alpha value is -3.20. The molecule has 4 rings (SSSR count). The highest BCUT2D eigenvalue weighted by Crippen LogP contribution is 2.36. The molecule has 8 nitrogen and oxygen atoms in total. The number of primary amides is 1. The first-order valence-electron chi connectivity index (χ1n) is 10.8. The molecule has 1 aliphatic rings. The van der Waals surface area contributed by atoms with E-state index in [1.54, 1.807) is 24.4 Å². The number of halogens is 1. The number of carbonyl (C=O) groups is 1. The summed E-state index contributed by atoms with van der Waals surface area (Å²) in [6, 6.07) is 10.8. The van der Waals surface area contributed by atoms with Gasteiger partial charge in [0.2, 0.25) is 0 Å². The van der Waals surface area contributed by atoms with Gasteiger partial charge in [-0.25, -0.2) is 4.98 Å². The summed E-state index contributed by atoms with van der Waals surface area (Å²) in [4.78, 5) is 29.2. The van der Waals surface area contributed by atoms with E-state index in [2.05, 4.69) is 21.0 Å². The number of nitrogens with zero attached hydrogens (tertiary/aromatic N) is 3. The molecular weight excluding hydrogens is 488 g/mol. The molecule has 1 aromatic heterocycles. The minimum atomic E-state index is -0.590. The normalized spacial score (nSPS) is 14.6. The molecule has 33 heavy (non-hydrogen) atoms. The summed E-state index contributed by atoms with van der Waals surface area (Å²) in [7, 11) is 1.50. The predicted molar refractivity (Wildman–Crippen MR) is 130 cm³/mol. The molecule has 3 aromatic rings. The first-order valence-corrected chi connectivity index (χ1v) is 11.6. The topological polar surface area (TPSA) is 109 Å². The zero-order valence-electron chi connectivity index (χ0n) is 18.3. The lowest BCUT2D eigenvalue weighted by Gasteiger charge is -2.22. The van der Waals surface area contributed by atoms with Crippen LogP contribution in [0.1, 0.15) is 49.4 Å². The molecule has 2 aromatic carbocycles. The number of hydrogen-bond acceptors (Lipinski definition) is 6. The van der Waals surface area contributed by atoms with Crippen molar-refractivity contribution >= 4 is 39.0 Å². The van der Waals surface area contributed by atoms with E-state index >= 15 is 0 Å². The molecule has 0 atom stereocenters. The second kappa shape index (κ2) is 10.2. The smallest absolute Gasteiger partial charge is 0.282 e. The molecule has 1 saturated carbocycles. The average molecular weight is 513 g/mol. The molecule has 0 aliphatic heterocycles. The van der Waals surface area contributed by atoms with Gasteiger partial charge in [0.05, 0.1) is 28.7 Å². The summed E-state index contributed by atoms with van der Waals surface area (Å²) in [5, 5.41) is 5.08. The summed E-state index contributed by atoms with van der Waals surface area (Å²) in [6.45, 7) is -0.273. The number of nitrogens with two attached hydrogens (primary N) is 1. The van der Waals surface area contributed by atoms with Crippen molar-refractivity contribution in [1.29, 1.82) is 0 Å². The Balaban J connectivity index is 1.76.